The second-order valence-corrected chi connectivity index (χ2v) is 9.98. The summed E-state index contributed by atoms with van der Waals surface area (Å²) < 4.78 is 5.39. The van der Waals surface area contributed by atoms with Gasteiger partial charge in [-0.25, -0.2) is 0 Å². The van der Waals surface area contributed by atoms with E-state index in [9.17, 15) is 4.79 Å². The number of hydrogen-bond donors (Lipinski definition) is 0. The summed E-state index contributed by atoms with van der Waals surface area (Å²) in [6.45, 7) is 7.51. The van der Waals surface area contributed by atoms with Crippen molar-refractivity contribution < 1.29 is 9.53 Å². The van der Waals surface area contributed by atoms with Crippen LogP contribution in [0, 0.1) is 5.92 Å². The summed E-state index contributed by atoms with van der Waals surface area (Å²) in [4.78, 5) is 11.8. The summed E-state index contributed by atoms with van der Waals surface area (Å²) in [5.41, 5.74) is 0. The monoisotopic (exact) mass is 462 g/mol. The largest absolute Gasteiger partial charge is 0.466 e. The van der Waals surface area contributed by atoms with Gasteiger partial charge in [-0.3, -0.25) is 4.79 Å². The van der Waals surface area contributed by atoms with Crippen LogP contribution in [-0.4, -0.2) is 12.6 Å². The molecule has 0 aromatic carbocycles. The Hall–Kier alpha value is -1.05. The van der Waals surface area contributed by atoms with Gasteiger partial charge in [-0.2, -0.15) is 0 Å². The molecular formula is C31H58O2. The Labute approximate surface area is 208 Å². The molecule has 0 rings (SSSR count). The summed E-state index contributed by atoms with van der Waals surface area (Å²) in [5, 5.41) is 0. The van der Waals surface area contributed by atoms with E-state index in [4.69, 9.17) is 4.74 Å². The highest BCUT2D eigenvalue weighted by atomic mass is 16.5. The number of esters is 1. The highest BCUT2D eigenvalue weighted by Crippen LogP contribution is 2.14. The van der Waals surface area contributed by atoms with Gasteiger partial charge >= 0.3 is 5.97 Å². The van der Waals surface area contributed by atoms with Crippen LogP contribution in [-0.2, 0) is 9.53 Å². The Morgan fingerprint density at radius 3 is 1.85 bits per heavy atom. The van der Waals surface area contributed by atoms with Crippen molar-refractivity contribution >= 4 is 5.97 Å². The van der Waals surface area contributed by atoms with E-state index in [1.807, 2.05) is 0 Å². The maximum absolute atomic E-state index is 11.8. The third kappa shape index (κ3) is 27.1. The van der Waals surface area contributed by atoms with E-state index in [1.54, 1.807) is 0 Å². The van der Waals surface area contributed by atoms with Crippen LogP contribution < -0.4 is 0 Å². The summed E-state index contributed by atoms with van der Waals surface area (Å²) in [5.74, 6) is 0.898. The molecule has 0 aliphatic rings. The molecule has 0 aliphatic heterocycles. The smallest absolute Gasteiger partial charge is 0.305 e. The Kier molecular flexibility index (Phi) is 26.3. The van der Waals surface area contributed by atoms with Crippen LogP contribution in [0.2, 0.25) is 0 Å². The van der Waals surface area contributed by atoms with Crippen molar-refractivity contribution in [2.45, 2.75) is 156 Å². The van der Waals surface area contributed by atoms with Crippen LogP contribution in [0.4, 0.5) is 0 Å². The summed E-state index contributed by atoms with van der Waals surface area (Å²) >= 11 is 0. The zero-order valence-electron chi connectivity index (χ0n) is 22.8. The predicted molar refractivity (Wildman–Crippen MR) is 147 cm³/mol. The van der Waals surface area contributed by atoms with Gasteiger partial charge < -0.3 is 4.74 Å². The molecule has 0 aromatic heterocycles. The molecule has 1 unspecified atom stereocenters. The molecule has 0 spiro atoms. The van der Waals surface area contributed by atoms with E-state index in [-0.39, 0.29) is 5.97 Å². The second-order valence-electron chi connectivity index (χ2n) is 9.98. The van der Waals surface area contributed by atoms with E-state index < -0.39 is 0 Å². The Morgan fingerprint density at radius 1 is 0.667 bits per heavy atom. The van der Waals surface area contributed by atoms with Gasteiger partial charge in [0.25, 0.3) is 0 Å². The molecule has 194 valence electrons. The minimum atomic E-state index is 0.00530. The molecule has 0 amide bonds. The van der Waals surface area contributed by atoms with Crippen molar-refractivity contribution in [1.82, 2.24) is 0 Å². The Bertz CT molecular complexity index is 452. The fourth-order valence-corrected chi connectivity index (χ4v) is 4.02. The van der Waals surface area contributed by atoms with Gasteiger partial charge in [-0.15, -0.1) is 0 Å². The summed E-state index contributed by atoms with van der Waals surface area (Å²) in [6.07, 6.45) is 34.9. The molecule has 0 saturated heterocycles. The lowest BCUT2D eigenvalue weighted by Gasteiger charge is -2.07. The lowest BCUT2D eigenvalue weighted by molar-refractivity contribution is -0.143. The van der Waals surface area contributed by atoms with Crippen molar-refractivity contribution in [1.29, 1.82) is 0 Å². The number of hydrogen-bond acceptors (Lipinski definition) is 2. The van der Waals surface area contributed by atoms with E-state index in [1.165, 1.54) is 103 Å². The number of unbranched alkanes of at least 4 members (excludes halogenated alkanes) is 14. The number of carbonyl (C=O) groups is 1. The fraction of sp³-hybridized carbons (Fsp3) is 0.839. The first-order chi connectivity index (χ1) is 16.2. The first-order valence-electron chi connectivity index (χ1n) is 14.7. The Morgan fingerprint density at radius 2 is 1.21 bits per heavy atom. The maximum atomic E-state index is 11.8. The molecule has 0 aromatic rings. The molecule has 2 nitrogen and oxygen atoms in total. The van der Waals surface area contributed by atoms with Gasteiger partial charge in [-0.05, 0) is 50.9 Å². The molecule has 33 heavy (non-hydrogen) atoms. The third-order valence-electron chi connectivity index (χ3n) is 6.63. The zero-order chi connectivity index (χ0) is 24.2. The van der Waals surface area contributed by atoms with E-state index in [2.05, 4.69) is 45.1 Å². The van der Waals surface area contributed by atoms with E-state index in [0.29, 0.717) is 13.0 Å². The highest BCUT2D eigenvalue weighted by molar-refractivity contribution is 5.69. The lowest BCUT2D eigenvalue weighted by Crippen LogP contribution is -2.05. The van der Waals surface area contributed by atoms with Crippen molar-refractivity contribution in [3.63, 3.8) is 0 Å². The molecule has 0 radical (unpaired) electrons. The standard InChI is InChI=1S/C31H58O2/c1-4-6-7-8-9-10-11-12-13-14-15-16-19-22-25-28-31(32)33-29-26-23-20-17-18-21-24-27-30(3)5-2/h9-10,12-13,30H,4-8,11,14-29H2,1-3H3/b10-9-,13-12-. The molecule has 0 aliphatic carbocycles. The first-order valence-corrected chi connectivity index (χ1v) is 14.7. The fourth-order valence-electron chi connectivity index (χ4n) is 4.02. The number of ether oxygens (including phenoxy) is 1. The van der Waals surface area contributed by atoms with Crippen LogP contribution in [0.3, 0.4) is 0 Å². The molecule has 2 heteroatoms. The maximum Gasteiger partial charge on any atom is 0.305 e. The molecule has 0 saturated carbocycles. The third-order valence-corrected chi connectivity index (χ3v) is 6.63. The van der Waals surface area contributed by atoms with Crippen LogP contribution in [0.1, 0.15) is 156 Å². The normalized spacial score (nSPS) is 12.7. The topological polar surface area (TPSA) is 26.3 Å². The molecule has 1 atom stereocenters. The molecule has 0 heterocycles. The molecule has 0 fully saturated rings. The van der Waals surface area contributed by atoms with Crippen molar-refractivity contribution in [2.75, 3.05) is 6.61 Å². The van der Waals surface area contributed by atoms with Gasteiger partial charge in [-0.1, -0.05) is 129 Å². The highest BCUT2D eigenvalue weighted by Gasteiger charge is 2.02. The second kappa shape index (κ2) is 27.2. The van der Waals surface area contributed by atoms with Gasteiger partial charge in [0.1, 0.15) is 0 Å². The Balaban J connectivity index is 3.27. The average molecular weight is 463 g/mol. The van der Waals surface area contributed by atoms with Gasteiger partial charge in [0.15, 0.2) is 0 Å². The predicted octanol–water partition coefficient (Wildman–Crippen LogP) is 10.5. The lowest BCUT2D eigenvalue weighted by atomic mass is 10.00. The van der Waals surface area contributed by atoms with Crippen LogP contribution in [0.15, 0.2) is 24.3 Å². The molecular weight excluding hydrogens is 404 g/mol. The number of carbonyl (C=O) groups excluding carboxylic acids is 1. The van der Waals surface area contributed by atoms with Crippen LogP contribution >= 0.6 is 0 Å². The number of allylic oxidation sites excluding steroid dienone is 4. The number of rotatable bonds is 25. The molecule has 0 bridgehead atoms. The van der Waals surface area contributed by atoms with Gasteiger partial charge in [0.05, 0.1) is 6.61 Å². The minimum Gasteiger partial charge on any atom is -0.466 e. The summed E-state index contributed by atoms with van der Waals surface area (Å²) in [7, 11) is 0. The minimum absolute atomic E-state index is 0.00530. The zero-order valence-corrected chi connectivity index (χ0v) is 22.8. The van der Waals surface area contributed by atoms with Gasteiger partial charge in [0.2, 0.25) is 0 Å². The van der Waals surface area contributed by atoms with Crippen LogP contribution in [0.5, 0.6) is 0 Å². The average Bonchev–Trinajstić information content (AvgIpc) is 2.82. The quantitative estimate of drug-likeness (QED) is 0.0766. The van der Waals surface area contributed by atoms with Crippen molar-refractivity contribution in [3.05, 3.63) is 24.3 Å². The van der Waals surface area contributed by atoms with Crippen LogP contribution in [0.25, 0.3) is 0 Å². The van der Waals surface area contributed by atoms with Crippen molar-refractivity contribution in [2.24, 2.45) is 5.92 Å². The molecule has 0 N–H and O–H groups in total. The van der Waals surface area contributed by atoms with E-state index in [0.717, 1.165) is 31.6 Å². The van der Waals surface area contributed by atoms with Gasteiger partial charge in [0, 0.05) is 6.42 Å². The van der Waals surface area contributed by atoms with E-state index >= 15 is 0 Å². The first kappa shape index (κ1) is 31.9. The SMILES string of the molecule is CCCCC/C=C\C/C=C\CCCCCCCC(=O)OCCCCCCCCCC(C)CC. The summed E-state index contributed by atoms with van der Waals surface area (Å²) in [6, 6.07) is 0. The van der Waals surface area contributed by atoms with Crippen molar-refractivity contribution in [3.8, 4) is 0 Å².